The minimum atomic E-state index is 0.616. The zero-order valence-electron chi connectivity index (χ0n) is 16.7. The van der Waals surface area contributed by atoms with Crippen molar-refractivity contribution in [2.24, 2.45) is 0 Å². The van der Waals surface area contributed by atoms with Crippen LogP contribution in [-0.2, 0) is 0 Å². The van der Waals surface area contributed by atoms with Gasteiger partial charge in [-0.2, -0.15) is 4.98 Å². The van der Waals surface area contributed by atoms with Crippen LogP contribution in [0.5, 0.6) is 11.6 Å². The Kier molecular flexibility index (Phi) is 7.31. The van der Waals surface area contributed by atoms with Crippen LogP contribution in [0.25, 0.3) is 0 Å². The number of nitrogens with zero attached hydrogens (tertiary/aromatic N) is 3. The molecule has 0 saturated carbocycles. The van der Waals surface area contributed by atoms with Gasteiger partial charge < -0.3 is 15.0 Å². The lowest BCUT2D eigenvalue weighted by atomic mass is 10.2. The second-order valence-corrected chi connectivity index (χ2v) is 7.22. The third-order valence-corrected chi connectivity index (χ3v) is 4.95. The summed E-state index contributed by atoms with van der Waals surface area (Å²) in [6.07, 6.45) is 11.8. The molecule has 0 amide bonds. The fraction of sp³-hybridized carbons (Fsp3) is 0.545. The highest BCUT2D eigenvalue weighted by Crippen LogP contribution is 2.40. The van der Waals surface area contributed by atoms with Crippen molar-refractivity contribution in [3.8, 4) is 11.6 Å². The monoisotopic (exact) mass is 368 g/mol. The number of hydrogen-bond acceptors (Lipinski definition) is 5. The maximum absolute atomic E-state index is 6.01. The Hall–Kier alpha value is -2.30. The summed E-state index contributed by atoms with van der Waals surface area (Å²) in [4.78, 5) is 11.7. The van der Waals surface area contributed by atoms with E-state index in [0.29, 0.717) is 5.88 Å². The first-order valence-corrected chi connectivity index (χ1v) is 10.5. The molecule has 0 atom stereocenters. The van der Waals surface area contributed by atoms with E-state index in [0.717, 1.165) is 36.2 Å². The Balaban J connectivity index is 1.70. The molecule has 1 aliphatic heterocycles. The molecule has 1 N–H and O–H groups in total. The summed E-state index contributed by atoms with van der Waals surface area (Å²) in [6.45, 7) is 6.51. The SMILES string of the molecule is CCCCCCN(CCCCCC)c1ncc2c(n1)Oc1ccccc1N2. The zero-order valence-corrected chi connectivity index (χ0v) is 16.7. The lowest BCUT2D eigenvalue weighted by Crippen LogP contribution is -2.28. The molecule has 2 aromatic rings. The summed E-state index contributed by atoms with van der Waals surface area (Å²) in [5.41, 5.74) is 1.78. The third kappa shape index (κ3) is 5.34. The first-order chi connectivity index (χ1) is 13.3. The number of hydrogen-bond donors (Lipinski definition) is 1. The van der Waals surface area contributed by atoms with Crippen molar-refractivity contribution < 1.29 is 4.74 Å². The average molecular weight is 369 g/mol. The Labute approximate surface area is 163 Å². The molecule has 0 fully saturated rings. The van der Waals surface area contributed by atoms with Crippen molar-refractivity contribution in [1.29, 1.82) is 0 Å². The molecule has 146 valence electrons. The van der Waals surface area contributed by atoms with Crippen molar-refractivity contribution in [3.05, 3.63) is 30.5 Å². The highest BCUT2D eigenvalue weighted by Gasteiger charge is 2.20. The topological polar surface area (TPSA) is 50.3 Å². The van der Waals surface area contributed by atoms with Crippen LogP contribution in [0.15, 0.2) is 30.5 Å². The zero-order chi connectivity index (χ0) is 18.9. The molecule has 5 nitrogen and oxygen atoms in total. The number of aromatic nitrogens is 2. The average Bonchev–Trinajstić information content (AvgIpc) is 2.70. The van der Waals surface area contributed by atoms with Crippen LogP contribution in [0.4, 0.5) is 17.3 Å². The molecule has 0 unspecified atom stereocenters. The number of para-hydroxylation sites is 2. The predicted molar refractivity (Wildman–Crippen MR) is 112 cm³/mol. The lowest BCUT2D eigenvalue weighted by Gasteiger charge is -2.25. The summed E-state index contributed by atoms with van der Waals surface area (Å²) in [6, 6.07) is 7.92. The van der Waals surface area contributed by atoms with Crippen molar-refractivity contribution in [2.45, 2.75) is 65.2 Å². The minimum absolute atomic E-state index is 0.616. The number of rotatable bonds is 11. The minimum Gasteiger partial charge on any atom is -0.435 e. The van der Waals surface area contributed by atoms with Gasteiger partial charge in [0.1, 0.15) is 5.69 Å². The van der Waals surface area contributed by atoms with Gasteiger partial charge in [-0.3, -0.25) is 0 Å². The number of anilines is 3. The van der Waals surface area contributed by atoms with Crippen LogP contribution in [0, 0.1) is 0 Å². The second kappa shape index (κ2) is 10.1. The molecule has 5 heteroatoms. The van der Waals surface area contributed by atoms with E-state index in [1.54, 1.807) is 0 Å². The van der Waals surface area contributed by atoms with Gasteiger partial charge >= 0.3 is 0 Å². The first kappa shape index (κ1) is 19.5. The number of nitrogens with one attached hydrogen (secondary N) is 1. The molecule has 0 spiro atoms. The van der Waals surface area contributed by atoms with Crippen LogP contribution >= 0.6 is 0 Å². The molecular formula is C22H32N4O. The lowest BCUT2D eigenvalue weighted by molar-refractivity contribution is 0.459. The smallest absolute Gasteiger partial charge is 0.248 e. The van der Waals surface area contributed by atoms with Crippen molar-refractivity contribution in [3.63, 3.8) is 0 Å². The summed E-state index contributed by atoms with van der Waals surface area (Å²) < 4.78 is 6.01. The second-order valence-electron chi connectivity index (χ2n) is 7.22. The fourth-order valence-corrected chi connectivity index (χ4v) is 3.35. The highest BCUT2D eigenvalue weighted by molar-refractivity contribution is 5.73. The van der Waals surface area contributed by atoms with Gasteiger partial charge in [-0.1, -0.05) is 64.5 Å². The largest absolute Gasteiger partial charge is 0.435 e. The van der Waals surface area contributed by atoms with Crippen LogP contribution in [0.1, 0.15) is 65.2 Å². The molecule has 0 saturated heterocycles. The molecule has 1 aliphatic rings. The van der Waals surface area contributed by atoms with E-state index in [1.807, 2.05) is 30.5 Å². The van der Waals surface area contributed by atoms with Gasteiger partial charge in [0.2, 0.25) is 11.8 Å². The van der Waals surface area contributed by atoms with E-state index in [4.69, 9.17) is 9.72 Å². The van der Waals surface area contributed by atoms with Crippen molar-refractivity contribution >= 4 is 17.3 Å². The van der Waals surface area contributed by atoms with Crippen molar-refractivity contribution in [1.82, 2.24) is 9.97 Å². The van der Waals surface area contributed by atoms with Gasteiger partial charge in [0, 0.05) is 13.1 Å². The van der Waals surface area contributed by atoms with Crippen LogP contribution in [-0.4, -0.2) is 23.1 Å². The Morgan fingerprint density at radius 1 is 0.889 bits per heavy atom. The van der Waals surface area contributed by atoms with Crippen molar-refractivity contribution in [2.75, 3.05) is 23.3 Å². The maximum Gasteiger partial charge on any atom is 0.248 e. The normalized spacial score (nSPS) is 11.9. The summed E-state index contributed by atoms with van der Waals surface area (Å²) in [7, 11) is 0. The fourth-order valence-electron chi connectivity index (χ4n) is 3.35. The van der Waals surface area contributed by atoms with E-state index in [-0.39, 0.29) is 0 Å². The molecule has 2 heterocycles. The number of ether oxygens (including phenoxy) is 1. The van der Waals surface area contributed by atoms with Gasteiger partial charge in [-0.05, 0) is 25.0 Å². The Bertz CT molecular complexity index is 707. The van der Waals surface area contributed by atoms with E-state index in [9.17, 15) is 0 Å². The molecular weight excluding hydrogens is 336 g/mol. The quantitative estimate of drug-likeness (QED) is 0.403. The third-order valence-electron chi connectivity index (χ3n) is 4.95. The van der Waals surface area contributed by atoms with E-state index in [2.05, 4.69) is 29.0 Å². The van der Waals surface area contributed by atoms with Gasteiger partial charge in [0.25, 0.3) is 0 Å². The van der Waals surface area contributed by atoms with Crippen LogP contribution < -0.4 is 15.0 Å². The standard InChI is InChI=1S/C22H32N4O/c1-3-5-7-11-15-26(16-12-8-6-4-2)22-23-17-19-21(25-22)27-20-14-10-9-13-18(20)24-19/h9-10,13-14,17,24H,3-8,11-12,15-16H2,1-2H3. The van der Waals surface area contributed by atoms with Gasteiger partial charge in [0.15, 0.2) is 5.75 Å². The molecule has 0 aliphatic carbocycles. The Morgan fingerprint density at radius 2 is 1.59 bits per heavy atom. The first-order valence-electron chi connectivity index (χ1n) is 10.5. The molecule has 0 radical (unpaired) electrons. The molecule has 3 rings (SSSR count). The maximum atomic E-state index is 6.01. The summed E-state index contributed by atoms with van der Waals surface area (Å²) in [5.74, 6) is 2.21. The number of unbranched alkanes of at least 4 members (excludes halogenated alkanes) is 6. The van der Waals surface area contributed by atoms with Crippen LogP contribution in [0.2, 0.25) is 0 Å². The Morgan fingerprint density at radius 3 is 2.30 bits per heavy atom. The number of benzene rings is 1. The summed E-state index contributed by atoms with van der Waals surface area (Å²) in [5, 5.41) is 3.36. The molecule has 1 aromatic carbocycles. The molecule has 27 heavy (non-hydrogen) atoms. The molecule has 1 aromatic heterocycles. The van der Waals surface area contributed by atoms with Crippen LogP contribution in [0.3, 0.4) is 0 Å². The molecule has 0 bridgehead atoms. The predicted octanol–water partition coefficient (Wildman–Crippen LogP) is 6.29. The summed E-state index contributed by atoms with van der Waals surface area (Å²) >= 11 is 0. The van der Waals surface area contributed by atoms with E-state index < -0.39 is 0 Å². The highest BCUT2D eigenvalue weighted by atomic mass is 16.5. The van der Waals surface area contributed by atoms with Gasteiger partial charge in [-0.15, -0.1) is 0 Å². The van der Waals surface area contributed by atoms with Gasteiger partial charge in [0.05, 0.1) is 11.9 Å². The van der Waals surface area contributed by atoms with Gasteiger partial charge in [-0.25, -0.2) is 4.98 Å². The number of fused-ring (bicyclic) bond motifs is 2. The van der Waals surface area contributed by atoms with E-state index in [1.165, 1.54) is 51.4 Å². The van der Waals surface area contributed by atoms with E-state index >= 15 is 0 Å².